The highest BCUT2D eigenvalue weighted by Gasteiger charge is 2.28. The van der Waals surface area contributed by atoms with Crippen LogP contribution in [0.4, 0.5) is 5.69 Å². The first-order valence-electron chi connectivity index (χ1n) is 6.07. The zero-order valence-corrected chi connectivity index (χ0v) is 11.8. The van der Waals surface area contributed by atoms with Crippen LogP contribution in [0.1, 0.15) is 18.4 Å². The summed E-state index contributed by atoms with van der Waals surface area (Å²) in [4.78, 5) is 21.9. The van der Waals surface area contributed by atoms with Crippen LogP contribution in [0.2, 0.25) is 0 Å². The predicted molar refractivity (Wildman–Crippen MR) is 72.3 cm³/mol. The summed E-state index contributed by atoms with van der Waals surface area (Å²) in [5.41, 5.74) is 1.11. The summed E-state index contributed by atoms with van der Waals surface area (Å²) in [6.45, 7) is 1.01. The molecule has 0 bridgehead atoms. The molecule has 0 fully saturated rings. The maximum absolute atomic E-state index is 12.0. The summed E-state index contributed by atoms with van der Waals surface area (Å²) in [5.74, 6) is -2.19. The van der Waals surface area contributed by atoms with E-state index in [-0.39, 0.29) is 10.8 Å². The Morgan fingerprint density at radius 1 is 1.48 bits per heavy atom. The summed E-state index contributed by atoms with van der Waals surface area (Å²) < 4.78 is 26.1. The van der Waals surface area contributed by atoms with Crippen molar-refractivity contribution in [3.63, 3.8) is 0 Å². The number of carboxylic acid groups (broad SMARTS) is 1. The largest absolute Gasteiger partial charge is 0.479 e. The van der Waals surface area contributed by atoms with Gasteiger partial charge in [-0.2, -0.15) is 0 Å². The number of carboxylic acids is 1. The lowest BCUT2D eigenvalue weighted by Gasteiger charge is -2.10. The molecule has 0 spiro atoms. The molecule has 2 rings (SSSR count). The Labute approximate surface area is 120 Å². The van der Waals surface area contributed by atoms with E-state index < -0.39 is 34.6 Å². The van der Waals surface area contributed by atoms with E-state index in [0.717, 1.165) is 0 Å². The van der Waals surface area contributed by atoms with Crippen molar-refractivity contribution in [1.29, 1.82) is 0 Å². The lowest BCUT2D eigenvalue weighted by atomic mass is 10.0. The van der Waals surface area contributed by atoms with Gasteiger partial charge < -0.3 is 15.5 Å². The number of carbonyl (C=O) groups excluding carboxylic acids is 1. The van der Waals surface area contributed by atoms with E-state index in [0.29, 0.717) is 11.3 Å². The summed E-state index contributed by atoms with van der Waals surface area (Å²) >= 11 is 0. The second-order valence-electron chi connectivity index (χ2n) is 4.67. The highest BCUT2D eigenvalue weighted by Crippen LogP contribution is 2.33. The standard InChI is InChI=1S/C12H14N2O6S/c1-6-8-4-7(2-3-9(8)14-11(6)16)21(19,20)13-5-10(15)12(17)18/h2-4,6,10,13,15H,5H2,1H3,(H,14,16)(H,17,18)/t6?,10-/m0/s1. The second kappa shape index (κ2) is 5.43. The molecule has 0 aromatic heterocycles. The third-order valence-electron chi connectivity index (χ3n) is 3.20. The quantitative estimate of drug-likeness (QED) is 0.577. The Balaban J connectivity index is 2.22. The van der Waals surface area contributed by atoms with Gasteiger partial charge in [0.05, 0.1) is 10.8 Å². The van der Waals surface area contributed by atoms with Gasteiger partial charge in [-0.1, -0.05) is 0 Å². The van der Waals surface area contributed by atoms with Crippen LogP contribution < -0.4 is 10.0 Å². The van der Waals surface area contributed by atoms with Crippen LogP contribution in [0.15, 0.2) is 23.1 Å². The van der Waals surface area contributed by atoms with Gasteiger partial charge in [0.15, 0.2) is 6.10 Å². The smallest absolute Gasteiger partial charge is 0.333 e. The summed E-state index contributed by atoms with van der Waals surface area (Å²) in [6.07, 6.45) is -1.82. The van der Waals surface area contributed by atoms with Crippen molar-refractivity contribution in [2.24, 2.45) is 0 Å². The number of nitrogens with one attached hydrogen (secondary N) is 2. The van der Waals surface area contributed by atoms with Crippen LogP contribution in [0.5, 0.6) is 0 Å². The summed E-state index contributed by atoms with van der Waals surface area (Å²) in [6, 6.07) is 4.12. The van der Waals surface area contributed by atoms with Crippen LogP contribution >= 0.6 is 0 Å². The Hall–Kier alpha value is -1.97. The van der Waals surface area contributed by atoms with Crippen molar-refractivity contribution < 1.29 is 28.2 Å². The third-order valence-corrected chi connectivity index (χ3v) is 4.62. The van der Waals surface area contributed by atoms with Crippen LogP contribution in [-0.2, 0) is 19.6 Å². The maximum atomic E-state index is 12.0. The monoisotopic (exact) mass is 314 g/mol. The van der Waals surface area contributed by atoms with Crippen molar-refractivity contribution in [2.75, 3.05) is 11.9 Å². The molecule has 0 saturated carbocycles. The van der Waals surface area contributed by atoms with Gasteiger partial charge in [-0.15, -0.1) is 0 Å². The van der Waals surface area contributed by atoms with E-state index in [9.17, 15) is 18.0 Å². The van der Waals surface area contributed by atoms with Gasteiger partial charge >= 0.3 is 5.97 Å². The third kappa shape index (κ3) is 3.04. The molecule has 1 amide bonds. The number of carbonyl (C=O) groups is 2. The van der Waals surface area contributed by atoms with Gasteiger partial charge in [0.2, 0.25) is 15.9 Å². The summed E-state index contributed by atoms with van der Waals surface area (Å²) in [5, 5.41) is 20.2. The number of rotatable bonds is 5. The number of sulfonamides is 1. The zero-order valence-electron chi connectivity index (χ0n) is 11.0. The molecule has 1 aliphatic rings. The van der Waals surface area contributed by atoms with Crippen molar-refractivity contribution in [3.05, 3.63) is 23.8 Å². The molecule has 1 aromatic rings. The Bertz CT molecular complexity index is 700. The Morgan fingerprint density at radius 3 is 2.76 bits per heavy atom. The molecule has 4 N–H and O–H groups in total. The Kier molecular flexibility index (Phi) is 3.99. The number of amides is 1. The van der Waals surface area contributed by atoms with Crippen LogP contribution in [-0.4, -0.2) is 43.2 Å². The topological polar surface area (TPSA) is 133 Å². The fraction of sp³-hybridized carbons (Fsp3) is 0.333. The molecule has 114 valence electrons. The highest BCUT2D eigenvalue weighted by molar-refractivity contribution is 7.89. The second-order valence-corrected chi connectivity index (χ2v) is 6.43. The minimum Gasteiger partial charge on any atom is -0.479 e. The molecule has 1 unspecified atom stereocenters. The molecule has 21 heavy (non-hydrogen) atoms. The van der Waals surface area contributed by atoms with Crippen molar-refractivity contribution in [1.82, 2.24) is 4.72 Å². The minimum atomic E-state index is -3.96. The molecule has 8 nitrogen and oxygen atoms in total. The SMILES string of the molecule is CC1C(=O)Nc2ccc(S(=O)(=O)NC[C@H](O)C(=O)O)cc21. The number of anilines is 1. The predicted octanol–water partition coefficient (Wildman–Crippen LogP) is -0.534. The average molecular weight is 314 g/mol. The first-order valence-corrected chi connectivity index (χ1v) is 7.56. The van der Waals surface area contributed by atoms with Gasteiger partial charge in [0.25, 0.3) is 0 Å². The van der Waals surface area contributed by atoms with Gasteiger partial charge in [-0.05, 0) is 30.7 Å². The van der Waals surface area contributed by atoms with Gasteiger partial charge in [0, 0.05) is 12.2 Å². The molecular weight excluding hydrogens is 300 g/mol. The average Bonchev–Trinajstić information content (AvgIpc) is 2.71. The number of aliphatic hydroxyl groups is 1. The van der Waals surface area contributed by atoms with Crippen molar-refractivity contribution in [3.8, 4) is 0 Å². The normalized spacial score (nSPS) is 19.0. The minimum absolute atomic E-state index is 0.0952. The Morgan fingerprint density at radius 2 is 2.14 bits per heavy atom. The molecule has 0 saturated heterocycles. The molecule has 0 aliphatic carbocycles. The van der Waals surface area contributed by atoms with Crippen molar-refractivity contribution >= 4 is 27.6 Å². The van der Waals surface area contributed by atoms with E-state index in [1.807, 2.05) is 4.72 Å². The van der Waals surface area contributed by atoms with Crippen LogP contribution in [0.3, 0.4) is 0 Å². The van der Waals surface area contributed by atoms with E-state index >= 15 is 0 Å². The van der Waals surface area contributed by atoms with Crippen molar-refractivity contribution in [2.45, 2.75) is 23.8 Å². The first-order chi connectivity index (χ1) is 9.72. The zero-order chi connectivity index (χ0) is 15.8. The molecule has 0 radical (unpaired) electrons. The van der Waals surface area contributed by atoms with Crippen LogP contribution in [0, 0.1) is 0 Å². The highest BCUT2D eigenvalue weighted by atomic mass is 32.2. The molecule has 1 aliphatic heterocycles. The van der Waals surface area contributed by atoms with E-state index in [4.69, 9.17) is 10.2 Å². The maximum Gasteiger partial charge on any atom is 0.333 e. The number of hydrogen-bond acceptors (Lipinski definition) is 5. The lowest BCUT2D eigenvalue weighted by Crippen LogP contribution is -2.36. The molecule has 2 atom stereocenters. The van der Waals surface area contributed by atoms with Gasteiger partial charge in [-0.3, -0.25) is 4.79 Å². The van der Waals surface area contributed by atoms with E-state index in [1.165, 1.54) is 18.2 Å². The lowest BCUT2D eigenvalue weighted by molar-refractivity contribution is -0.146. The van der Waals surface area contributed by atoms with E-state index in [2.05, 4.69) is 5.32 Å². The number of hydrogen-bond donors (Lipinski definition) is 4. The first kappa shape index (κ1) is 15.4. The van der Waals surface area contributed by atoms with E-state index in [1.54, 1.807) is 6.92 Å². The number of fused-ring (bicyclic) bond motifs is 1. The molecule has 9 heteroatoms. The van der Waals surface area contributed by atoms with Crippen LogP contribution in [0.25, 0.3) is 0 Å². The van der Waals surface area contributed by atoms with Gasteiger partial charge in [-0.25, -0.2) is 17.9 Å². The fourth-order valence-electron chi connectivity index (χ4n) is 1.92. The molecule has 1 aromatic carbocycles. The molecular formula is C12H14N2O6S. The number of aliphatic carboxylic acids is 1. The number of aliphatic hydroxyl groups excluding tert-OH is 1. The summed E-state index contributed by atoms with van der Waals surface area (Å²) in [7, 11) is -3.96. The van der Waals surface area contributed by atoms with Gasteiger partial charge in [0.1, 0.15) is 0 Å². The number of benzene rings is 1. The molecule has 1 heterocycles. The fourth-order valence-corrected chi connectivity index (χ4v) is 2.99.